The molecule has 0 radical (unpaired) electrons. The quantitative estimate of drug-likeness (QED) is 0.776. The number of nitrogens with zero attached hydrogens (tertiary/aromatic N) is 1. The molecule has 4 heteroatoms. The molecule has 1 rings (SSSR count). The van der Waals surface area contributed by atoms with Crippen LogP contribution in [0.1, 0.15) is 19.8 Å². The van der Waals surface area contributed by atoms with Crippen LogP contribution in [0.4, 0.5) is 0 Å². The third kappa shape index (κ3) is 5.06. The van der Waals surface area contributed by atoms with Gasteiger partial charge in [-0.1, -0.05) is 0 Å². The van der Waals surface area contributed by atoms with Gasteiger partial charge in [-0.05, 0) is 52.9 Å². The van der Waals surface area contributed by atoms with Gasteiger partial charge in [0.1, 0.15) is 0 Å². The molecule has 0 bridgehead atoms. The predicted octanol–water partition coefficient (Wildman–Crippen LogP) is 1.78. The van der Waals surface area contributed by atoms with E-state index in [0.717, 1.165) is 12.0 Å². The Kier molecular flexibility index (Phi) is 9.65. The molecular weight excluding hydrogens is 207 g/mol. The zero-order chi connectivity index (χ0) is 8.27. The van der Waals surface area contributed by atoms with Crippen LogP contribution in [0.5, 0.6) is 0 Å². The Morgan fingerprint density at radius 2 is 1.62 bits per heavy atom. The smallest absolute Gasteiger partial charge is 0.00900 e. The fourth-order valence-electron chi connectivity index (χ4n) is 1.75. The van der Waals surface area contributed by atoms with Crippen LogP contribution >= 0.6 is 24.8 Å². The molecule has 0 spiro atoms. The fourth-order valence-corrected chi connectivity index (χ4v) is 1.75. The van der Waals surface area contributed by atoms with Crippen molar-refractivity contribution >= 4 is 24.8 Å². The van der Waals surface area contributed by atoms with Crippen LogP contribution in [0.25, 0.3) is 0 Å². The number of hydrogen-bond donors (Lipinski definition) is 1. The average Bonchev–Trinajstić information content (AvgIpc) is 2.05. The first-order valence-electron chi connectivity index (χ1n) is 4.59. The van der Waals surface area contributed by atoms with Crippen LogP contribution in [0.3, 0.4) is 0 Å². The molecule has 0 saturated carbocycles. The maximum Gasteiger partial charge on any atom is 0.00900 e. The van der Waals surface area contributed by atoms with Crippen molar-refractivity contribution in [3.05, 3.63) is 0 Å². The minimum Gasteiger partial charge on any atom is -0.317 e. The van der Waals surface area contributed by atoms with Gasteiger partial charge in [0.2, 0.25) is 0 Å². The van der Waals surface area contributed by atoms with Crippen molar-refractivity contribution in [2.45, 2.75) is 25.8 Å². The number of rotatable bonds is 2. The second-order valence-electron chi connectivity index (χ2n) is 3.79. The third-order valence-corrected chi connectivity index (χ3v) is 2.88. The zero-order valence-electron chi connectivity index (χ0n) is 8.75. The van der Waals surface area contributed by atoms with Crippen molar-refractivity contribution in [2.24, 2.45) is 5.92 Å². The number of piperidine rings is 1. The lowest BCUT2D eigenvalue weighted by Gasteiger charge is -2.32. The van der Waals surface area contributed by atoms with Crippen LogP contribution < -0.4 is 5.32 Å². The van der Waals surface area contributed by atoms with Gasteiger partial charge < -0.3 is 10.2 Å². The van der Waals surface area contributed by atoms with Gasteiger partial charge in [-0.25, -0.2) is 0 Å². The van der Waals surface area contributed by atoms with Crippen molar-refractivity contribution in [1.29, 1.82) is 0 Å². The second-order valence-corrected chi connectivity index (χ2v) is 3.79. The van der Waals surface area contributed by atoms with E-state index in [1.54, 1.807) is 0 Å². The highest BCUT2D eigenvalue weighted by Gasteiger charge is 2.20. The first kappa shape index (κ1) is 15.9. The Hall–Kier alpha value is 0.500. The molecule has 13 heavy (non-hydrogen) atoms. The van der Waals surface area contributed by atoms with Gasteiger partial charge in [0.25, 0.3) is 0 Å². The van der Waals surface area contributed by atoms with Crippen LogP contribution in [0.2, 0.25) is 0 Å². The summed E-state index contributed by atoms with van der Waals surface area (Å²) in [5, 5.41) is 3.39. The molecule has 1 N–H and O–H groups in total. The second kappa shape index (κ2) is 7.86. The Bertz CT molecular complexity index is 114. The predicted molar refractivity (Wildman–Crippen MR) is 63.2 cm³/mol. The topological polar surface area (TPSA) is 15.3 Å². The van der Waals surface area contributed by atoms with E-state index in [9.17, 15) is 0 Å². The first-order chi connectivity index (χ1) is 5.22. The fraction of sp³-hybridized carbons (Fsp3) is 1.00. The Labute approximate surface area is 94.3 Å². The average molecular weight is 229 g/mol. The lowest BCUT2D eigenvalue weighted by Crippen LogP contribution is -2.39. The SMILES string of the molecule is CC(C1CCNCC1)N(C)C.Cl.Cl. The first-order valence-corrected chi connectivity index (χ1v) is 4.59. The third-order valence-electron chi connectivity index (χ3n) is 2.88. The zero-order valence-corrected chi connectivity index (χ0v) is 10.4. The molecule has 1 saturated heterocycles. The maximum atomic E-state index is 3.39. The molecule has 1 unspecified atom stereocenters. The summed E-state index contributed by atoms with van der Waals surface area (Å²) >= 11 is 0. The standard InChI is InChI=1S/C9H20N2.2ClH/c1-8(11(2)3)9-4-6-10-7-5-9;;/h8-10H,4-7H2,1-3H3;2*1H. The largest absolute Gasteiger partial charge is 0.317 e. The summed E-state index contributed by atoms with van der Waals surface area (Å²) < 4.78 is 0. The van der Waals surface area contributed by atoms with Crippen LogP contribution in [0.15, 0.2) is 0 Å². The van der Waals surface area contributed by atoms with E-state index in [0.29, 0.717) is 0 Å². The van der Waals surface area contributed by atoms with Crippen molar-refractivity contribution in [3.63, 3.8) is 0 Å². The molecule has 0 aliphatic carbocycles. The van der Waals surface area contributed by atoms with Crippen LogP contribution in [0, 0.1) is 5.92 Å². The van der Waals surface area contributed by atoms with Gasteiger partial charge in [0, 0.05) is 6.04 Å². The molecule has 1 aliphatic heterocycles. The lowest BCUT2D eigenvalue weighted by molar-refractivity contribution is 0.191. The number of halogens is 2. The molecule has 1 fully saturated rings. The van der Waals surface area contributed by atoms with Gasteiger partial charge in [-0.15, -0.1) is 24.8 Å². The van der Waals surface area contributed by atoms with E-state index in [1.165, 1.54) is 25.9 Å². The van der Waals surface area contributed by atoms with E-state index in [2.05, 4.69) is 31.2 Å². The number of hydrogen-bond acceptors (Lipinski definition) is 2. The van der Waals surface area contributed by atoms with Gasteiger partial charge in [0.15, 0.2) is 0 Å². The van der Waals surface area contributed by atoms with Gasteiger partial charge in [0.05, 0.1) is 0 Å². The Morgan fingerprint density at radius 1 is 1.15 bits per heavy atom. The van der Waals surface area contributed by atoms with Crippen molar-refractivity contribution in [3.8, 4) is 0 Å². The van der Waals surface area contributed by atoms with Crippen molar-refractivity contribution < 1.29 is 0 Å². The Balaban J connectivity index is 0. The van der Waals surface area contributed by atoms with Gasteiger partial charge in [-0.3, -0.25) is 0 Å². The summed E-state index contributed by atoms with van der Waals surface area (Å²) in [6.07, 6.45) is 2.69. The summed E-state index contributed by atoms with van der Waals surface area (Å²) in [7, 11) is 4.35. The van der Waals surface area contributed by atoms with Crippen LogP contribution in [-0.2, 0) is 0 Å². The highest BCUT2D eigenvalue weighted by atomic mass is 35.5. The number of nitrogens with one attached hydrogen (secondary N) is 1. The highest BCUT2D eigenvalue weighted by Crippen LogP contribution is 2.18. The van der Waals surface area contributed by atoms with E-state index in [4.69, 9.17) is 0 Å². The minimum absolute atomic E-state index is 0. The molecule has 0 amide bonds. The van der Waals surface area contributed by atoms with E-state index in [1.807, 2.05) is 0 Å². The molecule has 1 aliphatic rings. The molecule has 0 aromatic carbocycles. The molecule has 0 aromatic heterocycles. The summed E-state index contributed by atoms with van der Waals surface area (Å²) in [5.74, 6) is 0.909. The maximum absolute atomic E-state index is 3.39. The normalized spacial score (nSPS) is 20.3. The van der Waals surface area contributed by atoms with E-state index < -0.39 is 0 Å². The van der Waals surface area contributed by atoms with Gasteiger partial charge >= 0.3 is 0 Å². The molecule has 0 aromatic rings. The highest BCUT2D eigenvalue weighted by molar-refractivity contribution is 5.85. The minimum atomic E-state index is 0. The summed E-state index contributed by atoms with van der Waals surface area (Å²) in [6, 6.07) is 0.747. The van der Waals surface area contributed by atoms with Crippen LogP contribution in [-0.4, -0.2) is 38.1 Å². The van der Waals surface area contributed by atoms with E-state index >= 15 is 0 Å². The van der Waals surface area contributed by atoms with E-state index in [-0.39, 0.29) is 24.8 Å². The summed E-state index contributed by atoms with van der Waals surface area (Å²) in [6.45, 7) is 4.75. The van der Waals surface area contributed by atoms with Gasteiger partial charge in [-0.2, -0.15) is 0 Å². The van der Waals surface area contributed by atoms with Crippen molar-refractivity contribution in [2.75, 3.05) is 27.2 Å². The molecule has 82 valence electrons. The molecule has 1 heterocycles. The monoisotopic (exact) mass is 228 g/mol. The molecule has 2 nitrogen and oxygen atoms in total. The molecule has 1 atom stereocenters. The Morgan fingerprint density at radius 3 is 2.00 bits per heavy atom. The van der Waals surface area contributed by atoms with Crippen molar-refractivity contribution in [1.82, 2.24) is 10.2 Å². The molecular formula is C9H22Cl2N2. The summed E-state index contributed by atoms with van der Waals surface area (Å²) in [4.78, 5) is 2.33. The summed E-state index contributed by atoms with van der Waals surface area (Å²) in [5.41, 5.74) is 0. The lowest BCUT2D eigenvalue weighted by atomic mass is 9.91.